The molecule has 1 aromatic carbocycles. The molecule has 6 heteroatoms. The molecule has 4 nitrogen and oxygen atoms in total. The Bertz CT molecular complexity index is 542. The van der Waals surface area contributed by atoms with E-state index in [-0.39, 0.29) is 5.88 Å². The fourth-order valence-electron chi connectivity index (χ4n) is 1.54. The monoisotopic (exact) mass is 270 g/mol. The van der Waals surface area contributed by atoms with Crippen molar-refractivity contribution >= 4 is 29.2 Å². The molecule has 0 atom stereocenters. The van der Waals surface area contributed by atoms with Gasteiger partial charge in [0.25, 0.3) is 0 Å². The number of methoxy groups -OCH3 is 1. The van der Waals surface area contributed by atoms with Crippen LogP contribution < -0.4 is 10.5 Å². The molecule has 1 heterocycles. The zero-order chi connectivity index (χ0) is 12.4. The third-order valence-corrected chi connectivity index (χ3v) is 3.37. The maximum atomic E-state index is 6.15. The minimum Gasteiger partial charge on any atom is -0.494 e. The summed E-state index contributed by atoms with van der Waals surface area (Å²) in [4.78, 5) is 0.940. The molecule has 0 radical (unpaired) electrons. The van der Waals surface area contributed by atoms with Gasteiger partial charge in [0.1, 0.15) is 0 Å². The number of hydrogen-bond acceptors (Lipinski definition) is 5. The summed E-state index contributed by atoms with van der Waals surface area (Å²) < 4.78 is 10.1. The van der Waals surface area contributed by atoms with Gasteiger partial charge in [-0.25, -0.2) is 0 Å². The average molecular weight is 271 g/mol. The highest BCUT2D eigenvalue weighted by molar-refractivity contribution is 7.98. The van der Waals surface area contributed by atoms with Gasteiger partial charge < -0.3 is 15.0 Å². The fourth-order valence-corrected chi connectivity index (χ4v) is 2.51. The van der Waals surface area contributed by atoms with E-state index in [9.17, 15) is 0 Å². The van der Waals surface area contributed by atoms with Crippen molar-refractivity contribution in [3.05, 3.63) is 23.4 Å². The third-order valence-electron chi connectivity index (χ3n) is 2.34. The van der Waals surface area contributed by atoms with Gasteiger partial charge in [0, 0.05) is 0 Å². The number of thioether (sulfide) groups is 1. The van der Waals surface area contributed by atoms with E-state index in [0.717, 1.165) is 16.0 Å². The number of rotatable bonds is 3. The smallest absolute Gasteiger partial charge is 0.229 e. The van der Waals surface area contributed by atoms with Crippen LogP contribution in [0.5, 0.6) is 5.75 Å². The summed E-state index contributed by atoms with van der Waals surface area (Å²) in [6.45, 7) is 0. The minimum atomic E-state index is 0.276. The predicted octanol–water partition coefficient (Wildman–Crippen LogP) is 3.31. The van der Waals surface area contributed by atoms with Crippen LogP contribution >= 0.6 is 23.4 Å². The molecule has 17 heavy (non-hydrogen) atoms. The summed E-state index contributed by atoms with van der Waals surface area (Å²) in [5.41, 5.74) is 7.26. The van der Waals surface area contributed by atoms with Crippen molar-refractivity contribution in [3.8, 4) is 16.9 Å². The Balaban J connectivity index is 2.58. The van der Waals surface area contributed by atoms with Crippen molar-refractivity contribution in [1.82, 2.24) is 5.16 Å². The number of nitrogens with zero attached hydrogens (tertiary/aromatic N) is 1. The highest BCUT2D eigenvalue weighted by atomic mass is 35.5. The van der Waals surface area contributed by atoms with E-state index in [1.165, 1.54) is 0 Å². The van der Waals surface area contributed by atoms with Gasteiger partial charge in [0.15, 0.2) is 5.75 Å². The predicted molar refractivity (Wildman–Crippen MR) is 69.7 cm³/mol. The van der Waals surface area contributed by atoms with Crippen molar-refractivity contribution < 1.29 is 9.26 Å². The van der Waals surface area contributed by atoms with Gasteiger partial charge in [-0.15, -0.1) is 11.8 Å². The Hall–Kier alpha value is -1.33. The zero-order valence-corrected chi connectivity index (χ0v) is 10.9. The molecule has 0 aliphatic carbocycles. The maximum Gasteiger partial charge on any atom is 0.229 e. The second-order valence-corrected chi connectivity index (χ2v) is 4.55. The van der Waals surface area contributed by atoms with Crippen molar-refractivity contribution in [1.29, 1.82) is 0 Å². The van der Waals surface area contributed by atoms with E-state index in [2.05, 4.69) is 5.16 Å². The number of nitrogens with two attached hydrogens (primary N) is 1. The molecule has 0 unspecified atom stereocenters. The molecule has 0 saturated heterocycles. The van der Waals surface area contributed by atoms with Crippen LogP contribution in [0.4, 0.5) is 5.88 Å². The van der Waals surface area contributed by atoms with Gasteiger partial charge in [0.2, 0.25) is 5.88 Å². The van der Waals surface area contributed by atoms with Gasteiger partial charge in [-0.1, -0.05) is 16.8 Å². The lowest BCUT2D eigenvalue weighted by molar-refractivity contribution is 0.405. The van der Waals surface area contributed by atoms with Gasteiger partial charge in [-0.2, -0.15) is 0 Å². The molecular weight excluding hydrogens is 260 g/mol. The van der Waals surface area contributed by atoms with Crippen molar-refractivity contribution in [2.75, 3.05) is 19.1 Å². The quantitative estimate of drug-likeness (QED) is 0.867. The summed E-state index contributed by atoms with van der Waals surface area (Å²) >= 11 is 7.70. The molecular formula is C11H11ClN2O2S. The molecule has 0 saturated carbocycles. The van der Waals surface area contributed by atoms with Crippen LogP contribution in [-0.4, -0.2) is 18.5 Å². The number of halogens is 1. The lowest BCUT2D eigenvalue weighted by atomic mass is 10.1. The van der Waals surface area contributed by atoms with Crippen LogP contribution in [0.3, 0.4) is 0 Å². The zero-order valence-electron chi connectivity index (χ0n) is 9.36. The summed E-state index contributed by atoms with van der Waals surface area (Å²) in [6, 6.07) is 3.72. The number of hydrogen-bond donors (Lipinski definition) is 1. The largest absolute Gasteiger partial charge is 0.494 e. The highest BCUT2D eigenvalue weighted by Gasteiger charge is 2.14. The first kappa shape index (κ1) is 12.1. The number of aromatic nitrogens is 1. The molecule has 1 aromatic heterocycles. The van der Waals surface area contributed by atoms with Crippen LogP contribution in [0.1, 0.15) is 0 Å². The Labute approximate surface area is 108 Å². The summed E-state index contributed by atoms with van der Waals surface area (Å²) in [6.07, 6.45) is 3.52. The highest BCUT2D eigenvalue weighted by Crippen LogP contribution is 2.39. The Morgan fingerprint density at radius 1 is 1.47 bits per heavy atom. The molecule has 2 rings (SSSR count). The first-order chi connectivity index (χ1) is 8.17. The van der Waals surface area contributed by atoms with Crippen LogP contribution in [0.2, 0.25) is 5.02 Å². The van der Waals surface area contributed by atoms with Gasteiger partial charge in [0.05, 0.1) is 28.8 Å². The fraction of sp³-hybridized carbons (Fsp3) is 0.182. The number of anilines is 1. The lowest BCUT2D eigenvalue weighted by Crippen LogP contribution is -1.90. The van der Waals surface area contributed by atoms with Crippen molar-refractivity contribution in [2.45, 2.75) is 4.90 Å². The molecule has 2 N–H and O–H groups in total. The van der Waals surface area contributed by atoms with Crippen LogP contribution in [0, 0.1) is 0 Å². The molecule has 0 spiro atoms. The molecule has 0 fully saturated rings. The molecule has 0 amide bonds. The molecule has 2 aromatic rings. The minimum absolute atomic E-state index is 0.276. The van der Waals surface area contributed by atoms with E-state index in [1.54, 1.807) is 31.1 Å². The van der Waals surface area contributed by atoms with Gasteiger partial charge in [-0.3, -0.25) is 0 Å². The number of nitrogen functional groups attached to an aromatic ring is 1. The van der Waals surface area contributed by atoms with E-state index in [0.29, 0.717) is 10.8 Å². The van der Waals surface area contributed by atoms with Crippen molar-refractivity contribution in [2.24, 2.45) is 0 Å². The van der Waals surface area contributed by atoms with Crippen LogP contribution in [0.15, 0.2) is 27.7 Å². The SMILES string of the molecule is COc1c(Cl)cc(-c2cnoc2N)cc1SC. The molecule has 0 bridgehead atoms. The first-order valence-corrected chi connectivity index (χ1v) is 6.39. The number of benzene rings is 1. The lowest BCUT2D eigenvalue weighted by Gasteiger charge is -2.10. The molecule has 0 aliphatic heterocycles. The Morgan fingerprint density at radius 2 is 2.24 bits per heavy atom. The summed E-state index contributed by atoms with van der Waals surface area (Å²) in [5.74, 6) is 0.941. The Kier molecular flexibility index (Phi) is 3.49. The van der Waals surface area contributed by atoms with Crippen LogP contribution in [-0.2, 0) is 0 Å². The molecule has 0 aliphatic rings. The van der Waals surface area contributed by atoms with Crippen molar-refractivity contribution in [3.63, 3.8) is 0 Å². The summed E-state index contributed by atoms with van der Waals surface area (Å²) in [7, 11) is 1.59. The maximum absolute atomic E-state index is 6.15. The standard InChI is InChI=1S/C11H11ClN2O2S/c1-15-10-8(12)3-6(4-9(10)17-2)7-5-14-16-11(7)13/h3-5H,13H2,1-2H3. The third kappa shape index (κ3) is 2.21. The first-order valence-electron chi connectivity index (χ1n) is 4.79. The summed E-state index contributed by atoms with van der Waals surface area (Å²) in [5, 5.41) is 4.18. The van der Waals surface area contributed by atoms with Gasteiger partial charge in [-0.05, 0) is 24.0 Å². The second kappa shape index (κ2) is 4.89. The molecule has 90 valence electrons. The van der Waals surface area contributed by atoms with E-state index in [4.69, 9.17) is 26.6 Å². The number of ether oxygens (including phenoxy) is 1. The topological polar surface area (TPSA) is 61.3 Å². The van der Waals surface area contributed by atoms with E-state index in [1.807, 2.05) is 12.3 Å². The Morgan fingerprint density at radius 3 is 2.76 bits per heavy atom. The average Bonchev–Trinajstić information content (AvgIpc) is 2.74. The normalized spacial score (nSPS) is 10.5. The van der Waals surface area contributed by atoms with Gasteiger partial charge >= 0.3 is 0 Å². The second-order valence-electron chi connectivity index (χ2n) is 3.30. The van der Waals surface area contributed by atoms with E-state index >= 15 is 0 Å². The van der Waals surface area contributed by atoms with E-state index < -0.39 is 0 Å². The van der Waals surface area contributed by atoms with Crippen LogP contribution in [0.25, 0.3) is 11.1 Å².